The molecule has 1 amide bonds. The lowest BCUT2D eigenvalue weighted by atomic mass is 10.0. The predicted molar refractivity (Wildman–Crippen MR) is 95.5 cm³/mol. The Balaban J connectivity index is 1.64. The highest BCUT2D eigenvalue weighted by molar-refractivity contribution is 5.87. The summed E-state index contributed by atoms with van der Waals surface area (Å²) in [7, 11) is 1.67. The average Bonchev–Trinajstić information content (AvgIpc) is 3.29. The second kappa shape index (κ2) is 6.27. The number of benzene rings is 1. The van der Waals surface area contributed by atoms with Crippen molar-refractivity contribution in [3.63, 3.8) is 0 Å². The van der Waals surface area contributed by atoms with Gasteiger partial charge in [-0.3, -0.25) is 9.48 Å². The van der Waals surface area contributed by atoms with Crippen molar-refractivity contribution in [3.05, 3.63) is 47.9 Å². The van der Waals surface area contributed by atoms with Gasteiger partial charge in [0.1, 0.15) is 11.8 Å². The molecule has 0 unspecified atom stereocenters. The van der Waals surface area contributed by atoms with Crippen molar-refractivity contribution >= 4 is 16.8 Å². The number of methoxy groups -OCH3 is 1. The molecule has 0 fully saturated rings. The van der Waals surface area contributed by atoms with Gasteiger partial charge >= 0.3 is 0 Å². The molecule has 1 aromatic carbocycles. The number of rotatable bonds is 4. The molecule has 0 radical (unpaired) electrons. The van der Waals surface area contributed by atoms with Crippen LogP contribution in [-0.2, 0) is 17.8 Å². The van der Waals surface area contributed by atoms with Gasteiger partial charge in [-0.25, -0.2) is 0 Å². The summed E-state index contributed by atoms with van der Waals surface area (Å²) in [4.78, 5) is 18.5. The van der Waals surface area contributed by atoms with Crippen molar-refractivity contribution in [2.75, 3.05) is 13.7 Å². The second-order valence-electron chi connectivity index (χ2n) is 6.41. The molecule has 3 aromatic rings. The van der Waals surface area contributed by atoms with Crippen LogP contribution in [0, 0.1) is 0 Å². The molecule has 1 atom stereocenters. The summed E-state index contributed by atoms with van der Waals surface area (Å²) in [6.07, 6.45) is 5.15. The molecule has 25 heavy (non-hydrogen) atoms. The van der Waals surface area contributed by atoms with E-state index < -0.39 is 0 Å². The van der Waals surface area contributed by atoms with Crippen LogP contribution in [0.15, 0.2) is 36.7 Å². The molecule has 0 aliphatic carbocycles. The van der Waals surface area contributed by atoms with E-state index in [0.717, 1.165) is 36.0 Å². The number of nitrogens with one attached hydrogen (secondary N) is 1. The summed E-state index contributed by atoms with van der Waals surface area (Å²) in [6, 6.07) is 7.66. The number of hydrogen-bond acceptors (Lipinski definition) is 3. The van der Waals surface area contributed by atoms with Gasteiger partial charge in [0.05, 0.1) is 7.11 Å². The molecule has 1 N–H and O–H groups in total. The largest absolute Gasteiger partial charge is 0.497 e. The van der Waals surface area contributed by atoms with Gasteiger partial charge in [0.25, 0.3) is 0 Å². The molecule has 3 heterocycles. The van der Waals surface area contributed by atoms with E-state index in [1.165, 1.54) is 11.3 Å². The Morgan fingerprint density at radius 1 is 1.44 bits per heavy atom. The fourth-order valence-electron chi connectivity index (χ4n) is 3.66. The number of nitrogens with zero attached hydrogens (tertiary/aromatic N) is 3. The van der Waals surface area contributed by atoms with Gasteiger partial charge in [-0.05, 0) is 30.7 Å². The molecule has 130 valence electrons. The van der Waals surface area contributed by atoms with E-state index in [1.54, 1.807) is 18.0 Å². The molecule has 0 saturated heterocycles. The minimum atomic E-state index is -0.240. The van der Waals surface area contributed by atoms with Crippen LogP contribution >= 0.6 is 0 Å². The third-order valence-corrected chi connectivity index (χ3v) is 5.01. The Morgan fingerprint density at radius 2 is 2.32 bits per heavy atom. The Labute approximate surface area is 146 Å². The Hall–Kier alpha value is -2.76. The van der Waals surface area contributed by atoms with Crippen molar-refractivity contribution in [2.45, 2.75) is 32.4 Å². The minimum Gasteiger partial charge on any atom is -0.497 e. The number of aromatic nitrogens is 3. The van der Waals surface area contributed by atoms with Crippen LogP contribution in [0.25, 0.3) is 10.9 Å². The van der Waals surface area contributed by atoms with Gasteiger partial charge in [0.15, 0.2) is 0 Å². The van der Waals surface area contributed by atoms with Crippen LogP contribution in [-0.4, -0.2) is 39.2 Å². The van der Waals surface area contributed by atoms with E-state index in [0.29, 0.717) is 6.54 Å². The SMILES string of the molecule is CC[C@H](C(=O)N1CCc2[nH]c3ccc(OC)cc3c2C1)n1cccn1. The van der Waals surface area contributed by atoms with E-state index >= 15 is 0 Å². The van der Waals surface area contributed by atoms with E-state index in [2.05, 4.69) is 10.1 Å². The lowest BCUT2D eigenvalue weighted by molar-refractivity contribution is -0.136. The average molecular weight is 338 g/mol. The zero-order chi connectivity index (χ0) is 17.4. The maximum atomic E-state index is 13.0. The first-order valence-corrected chi connectivity index (χ1v) is 8.66. The summed E-state index contributed by atoms with van der Waals surface area (Å²) in [6.45, 7) is 3.38. The van der Waals surface area contributed by atoms with Crippen molar-refractivity contribution in [1.82, 2.24) is 19.7 Å². The lowest BCUT2D eigenvalue weighted by Crippen LogP contribution is -2.40. The van der Waals surface area contributed by atoms with Crippen molar-refractivity contribution < 1.29 is 9.53 Å². The monoisotopic (exact) mass is 338 g/mol. The molecule has 4 rings (SSSR count). The highest BCUT2D eigenvalue weighted by atomic mass is 16.5. The van der Waals surface area contributed by atoms with E-state index in [9.17, 15) is 4.79 Å². The first-order chi connectivity index (χ1) is 12.2. The molecule has 1 aliphatic heterocycles. The number of H-pyrrole nitrogens is 1. The molecular weight excluding hydrogens is 316 g/mol. The molecule has 1 aliphatic rings. The Bertz CT molecular complexity index is 898. The summed E-state index contributed by atoms with van der Waals surface area (Å²) >= 11 is 0. The lowest BCUT2D eigenvalue weighted by Gasteiger charge is -2.30. The highest BCUT2D eigenvalue weighted by Gasteiger charge is 2.29. The first-order valence-electron chi connectivity index (χ1n) is 8.66. The number of fused-ring (bicyclic) bond motifs is 3. The van der Waals surface area contributed by atoms with Gasteiger partial charge in [0.2, 0.25) is 5.91 Å². The standard InChI is InChI=1S/C19H22N4O2/c1-3-18(23-9-4-8-20-23)19(24)22-10-7-17-15(12-22)14-11-13(25-2)5-6-16(14)21-17/h4-6,8-9,11,18,21H,3,7,10,12H2,1-2H3/t18-/m1/s1. The predicted octanol–water partition coefficient (Wildman–Crippen LogP) is 2.91. The smallest absolute Gasteiger partial charge is 0.247 e. The minimum absolute atomic E-state index is 0.133. The summed E-state index contributed by atoms with van der Waals surface area (Å²) in [5.41, 5.74) is 3.52. The number of carbonyl (C=O) groups excluding carboxylic acids is 1. The molecular formula is C19H22N4O2. The van der Waals surface area contributed by atoms with E-state index in [-0.39, 0.29) is 11.9 Å². The Morgan fingerprint density at radius 3 is 3.04 bits per heavy atom. The second-order valence-corrected chi connectivity index (χ2v) is 6.41. The van der Waals surface area contributed by atoms with Crippen LogP contribution < -0.4 is 4.74 Å². The van der Waals surface area contributed by atoms with E-state index in [1.807, 2.05) is 42.3 Å². The maximum Gasteiger partial charge on any atom is 0.247 e. The van der Waals surface area contributed by atoms with Gasteiger partial charge in [-0.15, -0.1) is 0 Å². The third-order valence-electron chi connectivity index (χ3n) is 5.01. The Kier molecular flexibility index (Phi) is 3.95. The normalized spacial score (nSPS) is 15.2. The van der Waals surface area contributed by atoms with Crippen LogP contribution in [0.1, 0.15) is 30.6 Å². The van der Waals surface area contributed by atoms with Crippen molar-refractivity contribution in [3.8, 4) is 5.75 Å². The van der Waals surface area contributed by atoms with Gasteiger partial charge < -0.3 is 14.6 Å². The van der Waals surface area contributed by atoms with Gasteiger partial charge in [-0.2, -0.15) is 5.10 Å². The summed E-state index contributed by atoms with van der Waals surface area (Å²) in [5, 5.41) is 5.39. The van der Waals surface area contributed by atoms with Crippen LogP contribution in [0.2, 0.25) is 0 Å². The van der Waals surface area contributed by atoms with Gasteiger partial charge in [-0.1, -0.05) is 6.92 Å². The number of carbonyl (C=O) groups is 1. The topological polar surface area (TPSA) is 63.1 Å². The van der Waals surface area contributed by atoms with Crippen molar-refractivity contribution in [2.24, 2.45) is 0 Å². The van der Waals surface area contributed by atoms with Gasteiger partial charge in [0, 0.05) is 54.1 Å². The van der Waals surface area contributed by atoms with Crippen molar-refractivity contribution in [1.29, 1.82) is 0 Å². The fraction of sp³-hybridized carbons (Fsp3) is 0.368. The van der Waals surface area contributed by atoms with Crippen LogP contribution in [0.3, 0.4) is 0 Å². The molecule has 0 bridgehead atoms. The molecule has 2 aromatic heterocycles. The summed E-state index contributed by atoms with van der Waals surface area (Å²) < 4.78 is 7.12. The zero-order valence-electron chi connectivity index (χ0n) is 14.5. The molecule has 6 heteroatoms. The van der Waals surface area contributed by atoms with E-state index in [4.69, 9.17) is 4.74 Å². The molecule has 6 nitrogen and oxygen atoms in total. The molecule has 0 saturated carbocycles. The maximum absolute atomic E-state index is 13.0. The highest BCUT2D eigenvalue weighted by Crippen LogP contribution is 2.31. The summed E-state index contributed by atoms with van der Waals surface area (Å²) in [5.74, 6) is 0.967. The van der Waals surface area contributed by atoms with Crippen LogP contribution in [0.5, 0.6) is 5.75 Å². The first kappa shape index (κ1) is 15.7. The number of hydrogen-bond donors (Lipinski definition) is 1. The third kappa shape index (κ3) is 2.67. The zero-order valence-corrected chi connectivity index (χ0v) is 14.5. The quantitative estimate of drug-likeness (QED) is 0.795. The number of ether oxygens (including phenoxy) is 1. The van der Waals surface area contributed by atoms with Crippen LogP contribution in [0.4, 0.5) is 0 Å². The number of aromatic amines is 1. The number of amides is 1. The molecule has 0 spiro atoms. The fourth-order valence-corrected chi connectivity index (χ4v) is 3.66.